The van der Waals surface area contributed by atoms with Crippen molar-refractivity contribution in [1.29, 1.82) is 0 Å². The molecule has 0 aliphatic carbocycles. The van der Waals surface area contributed by atoms with Gasteiger partial charge in [0.05, 0.1) is 6.61 Å². The Morgan fingerprint density at radius 1 is 0.525 bits per heavy atom. The maximum Gasteiger partial charge on any atom is 0.468 e. The van der Waals surface area contributed by atoms with Gasteiger partial charge in [0.2, 0.25) is 0 Å². The molecule has 3 aromatic heterocycles. The number of hydrogen-bond donors (Lipinski definition) is 0. The van der Waals surface area contributed by atoms with Crippen LogP contribution in [0.5, 0.6) is 0 Å². The summed E-state index contributed by atoms with van der Waals surface area (Å²) in [7, 11) is -4.06. The fraction of sp³-hybridized carbons (Fsp3) is 0.426. The molecule has 2 fully saturated rings. The van der Waals surface area contributed by atoms with Gasteiger partial charge in [-0.15, -0.1) is 23.2 Å². The van der Waals surface area contributed by atoms with Crippen LogP contribution < -0.4 is 20.7 Å². The van der Waals surface area contributed by atoms with Crippen LogP contribution in [0.1, 0.15) is 147 Å². The van der Waals surface area contributed by atoms with Crippen LogP contribution in [0.15, 0.2) is 104 Å². The van der Waals surface area contributed by atoms with E-state index in [4.69, 9.17) is 42.1 Å². The molecule has 3 aliphatic rings. The molecule has 6 heterocycles. The summed E-state index contributed by atoms with van der Waals surface area (Å²) < 4.78 is 50.2. The number of rotatable bonds is 9. The molecule has 2 saturated heterocycles. The van der Waals surface area contributed by atoms with E-state index in [-0.39, 0.29) is 59.8 Å². The maximum absolute atomic E-state index is 7.04. The number of fused-ring (bicyclic) bond motifs is 4. The number of pyridine rings is 2. The molecular weight excluding hydrogens is 1170 g/mol. The third-order valence-corrected chi connectivity index (χ3v) is 14.7. The van der Waals surface area contributed by atoms with E-state index in [1.54, 1.807) is 0 Å². The predicted octanol–water partition coefficient (Wildman–Crippen LogP) is 13.6. The standard InChI is InChI=1S/C61H76B6N5O7.Pt/c1-56(2,3)43-29-30-69-54(35-43)72-50-24-20-19-23-46(50)47-28-27-41(32-53(47)72)38-73-39-42-31-45(37-68-36-42)70-40-71(52-26-22-21-25-51(52)70)55-48(62-74-64(58(7,8)9)78-65(75-62)59(10,11)12)33-44(57(4,5)6)34-49(55)63-76-66(60(13,14)15)79-67(77-63)61(16,17)18;/h19-30,33-37,40H,38-39H2,1-18H3;/q-3;. The monoisotopic (exact) mass is 1250 g/mol. The summed E-state index contributed by atoms with van der Waals surface area (Å²) in [6, 6.07) is 37.3. The van der Waals surface area contributed by atoms with Crippen LogP contribution in [0.3, 0.4) is 0 Å². The minimum atomic E-state index is -0.851. The van der Waals surface area contributed by atoms with E-state index in [0.717, 1.165) is 78.0 Å². The van der Waals surface area contributed by atoms with E-state index in [0.29, 0.717) is 6.61 Å². The molecule has 80 heavy (non-hydrogen) atoms. The number of nitrogens with zero attached hydrogens (tertiary/aromatic N) is 5. The summed E-state index contributed by atoms with van der Waals surface area (Å²) in [4.78, 5) is 14.0. The van der Waals surface area contributed by atoms with Crippen molar-refractivity contribution in [2.45, 2.75) is 170 Å². The normalized spacial score (nSPS) is 16.1. The van der Waals surface area contributed by atoms with Gasteiger partial charge in [-0.3, -0.25) is 0 Å². The second kappa shape index (κ2) is 22.2. The molecule has 0 radical (unpaired) electrons. The fourth-order valence-corrected chi connectivity index (χ4v) is 10.2. The number of aromatic nitrogens is 3. The van der Waals surface area contributed by atoms with Gasteiger partial charge in [-0.1, -0.05) is 191 Å². The number of ether oxygens (including phenoxy) is 1. The Labute approximate surface area is 493 Å². The Balaban J connectivity index is 0.00000774. The Hall–Kier alpha value is -4.62. The molecule has 0 saturated carbocycles. The molecule has 0 N–H and O–H groups in total. The van der Waals surface area contributed by atoms with Gasteiger partial charge < -0.3 is 51.5 Å². The van der Waals surface area contributed by atoms with Crippen LogP contribution >= 0.6 is 0 Å². The predicted molar refractivity (Wildman–Crippen MR) is 327 cm³/mol. The third-order valence-electron chi connectivity index (χ3n) is 14.7. The van der Waals surface area contributed by atoms with Crippen molar-refractivity contribution < 1.29 is 53.2 Å². The van der Waals surface area contributed by atoms with Crippen molar-refractivity contribution in [2.24, 2.45) is 0 Å². The largest absolute Gasteiger partial charge is 0.492 e. The zero-order chi connectivity index (χ0) is 56.8. The first-order valence-corrected chi connectivity index (χ1v) is 27.9. The fourth-order valence-electron chi connectivity index (χ4n) is 10.2. The zero-order valence-electron chi connectivity index (χ0n) is 50.2. The topological polar surface area (TPSA) is 102 Å². The summed E-state index contributed by atoms with van der Waals surface area (Å²) in [5, 5.41) is 0.736. The Kier molecular flexibility index (Phi) is 16.6. The van der Waals surface area contributed by atoms with Crippen LogP contribution in [0, 0.1) is 18.8 Å². The molecule has 0 unspecified atom stereocenters. The van der Waals surface area contributed by atoms with Crippen molar-refractivity contribution >= 4 is 98.2 Å². The number of para-hydroxylation sites is 3. The Morgan fingerprint density at radius 3 is 1.57 bits per heavy atom. The van der Waals surface area contributed by atoms with Gasteiger partial charge in [-0.25, -0.2) is 4.98 Å². The summed E-state index contributed by atoms with van der Waals surface area (Å²) in [5.41, 5.74) is 10.7. The van der Waals surface area contributed by atoms with Crippen molar-refractivity contribution in [1.82, 2.24) is 14.5 Å². The van der Waals surface area contributed by atoms with Gasteiger partial charge in [-0.05, 0) is 78.9 Å². The SMILES string of the molecule is CC(C)(C)B1OB(c2cc(C(C)(C)C)cc(B3OB(C(C)(C)C)OB(C(C)(C)C)O3)c2N2[CH-]N(c3[c-]c(COCc4[c-]c5c(cc4)c4ccccc4n5-c4cc(C(C)(C)C)ccn4)cnc3)c3ccccc32)OB(C(C)(C)C)O1.[Pt]. The smallest absolute Gasteiger partial charge is 0.468 e. The van der Waals surface area contributed by atoms with E-state index < -0.39 is 42.7 Å². The van der Waals surface area contributed by atoms with E-state index in [9.17, 15) is 0 Å². The van der Waals surface area contributed by atoms with Crippen molar-refractivity contribution in [2.75, 3.05) is 9.80 Å². The van der Waals surface area contributed by atoms with E-state index in [1.165, 1.54) is 5.56 Å². The summed E-state index contributed by atoms with van der Waals surface area (Å²) in [6.45, 7) is 41.7. The molecule has 0 atom stereocenters. The minimum absolute atomic E-state index is 0. The molecule has 3 aliphatic heterocycles. The molecule has 7 aromatic rings. The second-order valence-corrected chi connectivity index (χ2v) is 28.1. The first-order valence-electron chi connectivity index (χ1n) is 27.9. The Morgan fingerprint density at radius 2 is 1.04 bits per heavy atom. The van der Waals surface area contributed by atoms with Gasteiger partial charge in [0.25, 0.3) is 0 Å². The van der Waals surface area contributed by atoms with Crippen molar-refractivity contribution in [3.8, 4) is 5.82 Å². The van der Waals surface area contributed by atoms with Crippen LogP contribution in [-0.4, -0.2) is 57.2 Å². The molecule has 10 rings (SSSR count). The molecular formula is C61H76B6N5O7Pt-3. The van der Waals surface area contributed by atoms with Crippen LogP contribution in [0.25, 0.3) is 27.6 Å². The third kappa shape index (κ3) is 12.4. The molecule has 0 spiro atoms. The van der Waals surface area contributed by atoms with Gasteiger partial charge in [-0.2, -0.15) is 24.3 Å². The number of hydrogen-bond acceptors (Lipinski definition) is 11. The molecule has 418 valence electrons. The summed E-state index contributed by atoms with van der Waals surface area (Å²) >= 11 is 0. The van der Waals surface area contributed by atoms with E-state index >= 15 is 0 Å². The quantitative estimate of drug-likeness (QED) is 0.102. The zero-order valence-corrected chi connectivity index (χ0v) is 52.5. The molecule has 0 amide bonds. The van der Waals surface area contributed by atoms with Crippen LogP contribution in [0.4, 0.5) is 22.7 Å². The molecule has 12 nitrogen and oxygen atoms in total. The first-order chi connectivity index (χ1) is 36.9. The summed E-state index contributed by atoms with van der Waals surface area (Å²) in [5.74, 6) is 0.862. The van der Waals surface area contributed by atoms with Crippen molar-refractivity contribution in [3.63, 3.8) is 0 Å². The van der Waals surface area contributed by atoms with Gasteiger partial charge >= 0.3 is 42.7 Å². The van der Waals surface area contributed by atoms with Crippen LogP contribution in [0.2, 0.25) is 21.3 Å². The second-order valence-electron chi connectivity index (χ2n) is 28.1. The van der Waals surface area contributed by atoms with Gasteiger partial charge in [0.1, 0.15) is 5.82 Å². The Bertz CT molecular complexity index is 3260. The number of benzene rings is 4. The van der Waals surface area contributed by atoms with Gasteiger partial charge in [0.15, 0.2) is 0 Å². The summed E-state index contributed by atoms with van der Waals surface area (Å²) in [6.07, 6.45) is 5.56. The van der Waals surface area contributed by atoms with E-state index in [1.807, 2.05) is 18.6 Å². The van der Waals surface area contributed by atoms with Crippen LogP contribution in [-0.2, 0) is 77.3 Å². The average molecular weight is 1250 g/mol. The first kappa shape index (κ1) is 60.0. The molecule has 0 bridgehead atoms. The minimum Gasteiger partial charge on any atom is -0.492 e. The maximum atomic E-state index is 7.04. The van der Waals surface area contributed by atoms with E-state index in [2.05, 4.69) is 243 Å². The van der Waals surface area contributed by atoms with Crippen molar-refractivity contribution in [3.05, 3.63) is 145 Å². The average Bonchev–Trinajstić information content (AvgIpc) is 4.00. The molecule has 19 heteroatoms. The number of anilines is 4. The van der Waals surface area contributed by atoms with Gasteiger partial charge in [0, 0.05) is 67.4 Å². The molecule has 4 aromatic carbocycles.